The highest BCUT2D eigenvalue weighted by molar-refractivity contribution is 7.85. The Morgan fingerprint density at radius 1 is 1.14 bits per heavy atom. The number of hydrogen-bond acceptors (Lipinski definition) is 3. The number of ketones is 1. The van der Waals surface area contributed by atoms with Gasteiger partial charge in [0.15, 0.2) is 5.78 Å². The number of carbonyl (C=O) groups excluding carboxylic acids is 1. The number of Topliss-reactive ketones (excluding diaryl/α,β-unsaturated/α-hetero) is 1. The van der Waals surface area contributed by atoms with Gasteiger partial charge in [-0.3, -0.25) is 9.00 Å². The maximum atomic E-state index is 12.2. The predicted molar refractivity (Wildman–Crippen MR) is 84.6 cm³/mol. The first-order valence-corrected chi connectivity index (χ1v) is 8.05. The second kappa shape index (κ2) is 6.41. The summed E-state index contributed by atoms with van der Waals surface area (Å²) >= 11 is 5.78. The number of hydrogen-bond donors (Lipinski definition) is 1. The minimum atomic E-state index is -1.41. The number of phenolic OH excluding ortho intramolecular Hbond substituents is 1. The number of rotatable bonds is 4. The van der Waals surface area contributed by atoms with Gasteiger partial charge in [0.1, 0.15) is 5.75 Å². The van der Waals surface area contributed by atoms with Crippen LogP contribution >= 0.6 is 11.6 Å². The number of benzene rings is 2. The lowest BCUT2D eigenvalue weighted by Gasteiger charge is -2.07. The highest BCUT2D eigenvalue weighted by Gasteiger charge is 2.14. The van der Waals surface area contributed by atoms with Crippen molar-refractivity contribution in [2.75, 3.05) is 5.75 Å². The number of carbonyl (C=O) groups is 1. The zero-order valence-corrected chi connectivity index (χ0v) is 13.3. The van der Waals surface area contributed by atoms with Gasteiger partial charge in [-0.15, -0.1) is 0 Å². The number of halogens is 1. The summed E-state index contributed by atoms with van der Waals surface area (Å²) in [6, 6.07) is 9.83. The Labute approximate surface area is 131 Å². The van der Waals surface area contributed by atoms with Crippen LogP contribution in [-0.4, -0.2) is 20.9 Å². The van der Waals surface area contributed by atoms with Crippen molar-refractivity contribution in [3.8, 4) is 5.75 Å². The van der Waals surface area contributed by atoms with Gasteiger partial charge < -0.3 is 5.11 Å². The summed E-state index contributed by atoms with van der Waals surface area (Å²) in [4.78, 5) is 12.8. The minimum absolute atomic E-state index is 0.0920. The van der Waals surface area contributed by atoms with E-state index in [1.165, 1.54) is 0 Å². The van der Waals surface area contributed by atoms with Crippen molar-refractivity contribution in [2.45, 2.75) is 18.7 Å². The van der Waals surface area contributed by atoms with Crippen molar-refractivity contribution in [1.82, 2.24) is 0 Å². The van der Waals surface area contributed by atoms with E-state index >= 15 is 0 Å². The molecule has 2 rings (SSSR count). The topological polar surface area (TPSA) is 54.4 Å². The molecule has 0 spiro atoms. The third-order valence-corrected chi connectivity index (χ3v) is 4.73. The Morgan fingerprint density at radius 3 is 2.19 bits per heavy atom. The Bertz CT molecular complexity index is 685. The van der Waals surface area contributed by atoms with Gasteiger partial charge >= 0.3 is 0 Å². The Kier molecular flexibility index (Phi) is 4.80. The van der Waals surface area contributed by atoms with E-state index in [-0.39, 0.29) is 17.3 Å². The van der Waals surface area contributed by atoms with Crippen LogP contribution in [0.2, 0.25) is 5.02 Å². The van der Waals surface area contributed by atoms with Crippen LogP contribution < -0.4 is 0 Å². The number of aromatic hydroxyl groups is 1. The van der Waals surface area contributed by atoms with Gasteiger partial charge in [0, 0.05) is 15.5 Å². The van der Waals surface area contributed by atoms with Crippen LogP contribution in [-0.2, 0) is 10.8 Å². The van der Waals surface area contributed by atoms with Gasteiger partial charge in [-0.1, -0.05) is 11.6 Å². The van der Waals surface area contributed by atoms with E-state index in [9.17, 15) is 14.1 Å². The smallest absolute Gasteiger partial charge is 0.175 e. The van der Waals surface area contributed by atoms with Crippen molar-refractivity contribution in [2.24, 2.45) is 0 Å². The zero-order chi connectivity index (χ0) is 15.6. The first-order chi connectivity index (χ1) is 9.88. The van der Waals surface area contributed by atoms with Crippen LogP contribution in [0.1, 0.15) is 21.5 Å². The molecule has 0 aliphatic carbocycles. The van der Waals surface area contributed by atoms with Crippen molar-refractivity contribution in [3.63, 3.8) is 0 Å². The highest BCUT2D eigenvalue weighted by Crippen LogP contribution is 2.23. The average Bonchev–Trinajstić information content (AvgIpc) is 2.44. The molecule has 3 nitrogen and oxygen atoms in total. The van der Waals surface area contributed by atoms with Crippen LogP contribution in [0, 0.1) is 13.8 Å². The molecule has 1 atom stereocenters. The van der Waals surface area contributed by atoms with Crippen LogP contribution in [0.25, 0.3) is 0 Å². The van der Waals surface area contributed by atoms with E-state index < -0.39 is 10.8 Å². The molecule has 0 amide bonds. The molecular formula is C16H15ClO3S. The molecule has 2 aromatic carbocycles. The molecule has 5 heteroatoms. The molecule has 0 saturated heterocycles. The quantitative estimate of drug-likeness (QED) is 0.874. The molecule has 0 heterocycles. The lowest BCUT2D eigenvalue weighted by Crippen LogP contribution is -2.11. The molecule has 0 aromatic heterocycles. The Morgan fingerprint density at radius 2 is 1.67 bits per heavy atom. The zero-order valence-electron chi connectivity index (χ0n) is 11.7. The van der Waals surface area contributed by atoms with Gasteiger partial charge in [0.25, 0.3) is 0 Å². The van der Waals surface area contributed by atoms with Crippen LogP contribution in [0.3, 0.4) is 0 Å². The van der Waals surface area contributed by atoms with Gasteiger partial charge in [0.05, 0.1) is 16.6 Å². The molecule has 0 fully saturated rings. The largest absolute Gasteiger partial charge is 0.507 e. The fourth-order valence-electron chi connectivity index (χ4n) is 1.99. The summed E-state index contributed by atoms with van der Waals surface area (Å²) in [6.07, 6.45) is 0. The van der Waals surface area contributed by atoms with E-state index in [1.807, 2.05) is 0 Å². The van der Waals surface area contributed by atoms with Crippen molar-refractivity contribution >= 4 is 28.2 Å². The van der Waals surface area contributed by atoms with Gasteiger partial charge in [-0.2, -0.15) is 0 Å². The monoisotopic (exact) mass is 322 g/mol. The molecule has 0 saturated carbocycles. The third-order valence-electron chi connectivity index (χ3n) is 3.15. The minimum Gasteiger partial charge on any atom is -0.507 e. The first kappa shape index (κ1) is 15.7. The third kappa shape index (κ3) is 3.71. The summed E-state index contributed by atoms with van der Waals surface area (Å²) in [7, 11) is -1.41. The fourth-order valence-corrected chi connectivity index (χ4v) is 3.13. The van der Waals surface area contributed by atoms with Crippen LogP contribution in [0.5, 0.6) is 5.75 Å². The van der Waals surface area contributed by atoms with E-state index in [4.69, 9.17) is 11.6 Å². The molecule has 0 radical (unpaired) electrons. The van der Waals surface area contributed by atoms with E-state index in [0.717, 1.165) is 0 Å². The lowest BCUT2D eigenvalue weighted by molar-refractivity contribution is 0.102. The molecule has 110 valence electrons. The molecule has 0 aliphatic rings. The van der Waals surface area contributed by atoms with Crippen molar-refractivity contribution in [1.29, 1.82) is 0 Å². The second-order valence-electron chi connectivity index (χ2n) is 4.83. The SMILES string of the molecule is Cc1cc(C(=O)CS(=O)c2ccc(Cl)cc2)cc(C)c1O. The van der Waals surface area contributed by atoms with E-state index in [0.29, 0.717) is 26.6 Å². The lowest BCUT2D eigenvalue weighted by atomic mass is 10.0. The first-order valence-electron chi connectivity index (χ1n) is 6.36. The summed E-state index contributed by atoms with van der Waals surface area (Å²) in [6.45, 7) is 3.46. The van der Waals surface area contributed by atoms with Gasteiger partial charge in [0.2, 0.25) is 0 Å². The summed E-state index contributed by atoms with van der Waals surface area (Å²) in [5.41, 5.74) is 1.73. The Hall–Kier alpha value is -1.65. The standard InChI is InChI=1S/C16H15ClO3S/c1-10-7-12(8-11(2)16(10)19)15(18)9-21(20)14-5-3-13(17)4-6-14/h3-8,19H,9H2,1-2H3. The number of phenols is 1. The molecular weight excluding hydrogens is 308 g/mol. The summed E-state index contributed by atoms with van der Waals surface area (Å²) in [5.74, 6) is -0.120. The maximum absolute atomic E-state index is 12.2. The predicted octanol–water partition coefficient (Wildman–Crippen LogP) is 3.65. The molecule has 21 heavy (non-hydrogen) atoms. The normalized spacial score (nSPS) is 12.1. The van der Waals surface area contributed by atoms with E-state index in [2.05, 4.69) is 0 Å². The molecule has 0 bridgehead atoms. The van der Waals surface area contributed by atoms with Gasteiger partial charge in [-0.05, 0) is 61.4 Å². The van der Waals surface area contributed by atoms with Crippen LogP contribution in [0.4, 0.5) is 0 Å². The molecule has 0 aliphatic heterocycles. The van der Waals surface area contributed by atoms with Crippen molar-refractivity contribution in [3.05, 3.63) is 58.1 Å². The highest BCUT2D eigenvalue weighted by atomic mass is 35.5. The average molecular weight is 323 g/mol. The second-order valence-corrected chi connectivity index (χ2v) is 6.71. The summed E-state index contributed by atoms with van der Waals surface area (Å²) in [5, 5.41) is 10.3. The molecule has 1 unspecified atom stereocenters. The maximum Gasteiger partial charge on any atom is 0.175 e. The Balaban J connectivity index is 2.18. The van der Waals surface area contributed by atoms with E-state index in [1.54, 1.807) is 50.2 Å². The molecule has 1 N–H and O–H groups in total. The van der Waals surface area contributed by atoms with Crippen molar-refractivity contribution < 1.29 is 14.1 Å². The fraction of sp³-hybridized carbons (Fsp3) is 0.188. The molecule has 2 aromatic rings. The van der Waals surface area contributed by atoms with Gasteiger partial charge in [-0.25, -0.2) is 0 Å². The number of aryl methyl sites for hydroxylation is 2. The summed E-state index contributed by atoms with van der Waals surface area (Å²) < 4.78 is 12.2. The van der Waals surface area contributed by atoms with Crippen LogP contribution in [0.15, 0.2) is 41.3 Å².